The highest BCUT2D eigenvalue weighted by Gasteiger charge is 2.33. The fourth-order valence-corrected chi connectivity index (χ4v) is 1.68. The zero-order valence-electron chi connectivity index (χ0n) is 7.93. The molecule has 0 aromatic heterocycles. The molecular weight excluding hydrogens is 180 g/mol. The van der Waals surface area contributed by atoms with Gasteiger partial charge in [0.2, 0.25) is 5.78 Å². The molecule has 0 saturated heterocycles. The second-order valence-electron chi connectivity index (χ2n) is 3.45. The second-order valence-corrected chi connectivity index (χ2v) is 3.45. The molecule has 0 aromatic rings. The minimum atomic E-state index is -0.347. The van der Waals surface area contributed by atoms with Crippen LogP contribution in [0.25, 0.3) is 0 Å². The monoisotopic (exact) mass is 192 g/mol. The SMILES string of the molecule is CCC1=CC2C(=O)C(O)=COC2C=C1. The maximum Gasteiger partial charge on any atom is 0.211 e. The van der Waals surface area contributed by atoms with E-state index in [0.717, 1.165) is 18.3 Å². The smallest absolute Gasteiger partial charge is 0.211 e. The van der Waals surface area contributed by atoms with E-state index in [1.54, 1.807) is 0 Å². The highest BCUT2D eigenvalue weighted by atomic mass is 16.5. The summed E-state index contributed by atoms with van der Waals surface area (Å²) in [4.78, 5) is 11.5. The van der Waals surface area contributed by atoms with Crippen molar-refractivity contribution in [1.82, 2.24) is 0 Å². The average molecular weight is 192 g/mol. The van der Waals surface area contributed by atoms with E-state index in [1.807, 2.05) is 25.2 Å². The molecule has 0 spiro atoms. The number of aliphatic hydroxyl groups is 1. The van der Waals surface area contributed by atoms with Crippen molar-refractivity contribution < 1.29 is 14.6 Å². The van der Waals surface area contributed by atoms with Crippen LogP contribution in [0.15, 0.2) is 35.8 Å². The van der Waals surface area contributed by atoms with Gasteiger partial charge in [-0.05, 0) is 12.5 Å². The first kappa shape index (κ1) is 9.06. The molecule has 14 heavy (non-hydrogen) atoms. The number of carbonyl (C=O) groups excluding carboxylic acids is 1. The van der Waals surface area contributed by atoms with E-state index in [4.69, 9.17) is 4.74 Å². The summed E-state index contributed by atoms with van der Waals surface area (Å²) >= 11 is 0. The Morgan fingerprint density at radius 1 is 1.57 bits per heavy atom. The molecule has 1 N–H and O–H groups in total. The third-order valence-corrected chi connectivity index (χ3v) is 2.55. The molecule has 3 heteroatoms. The summed E-state index contributed by atoms with van der Waals surface area (Å²) in [5.74, 6) is -0.884. The van der Waals surface area contributed by atoms with Gasteiger partial charge in [0, 0.05) is 0 Å². The largest absolute Gasteiger partial charge is 0.502 e. The Morgan fingerprint density at radius 3 is 3.07 bits per heavy atom. The molecule has 74 valence electrons. The van der Waals surface area contributed by atoms with Gasteiger partial charge in [-0.1, -0.05) is 24.6 Å². The fraction of sp³-hybridized carbons (Fsp3) is 0.364. The molecule has 1 heterocycles. The van der Waals surface area contributed by atoms with Crippen LogP contribution in [0.5, 0.6) is 0 Å². The minimum Gasteiger partial charge on any atom is -0.502 e. The van der Waals surface area contributed by atoms with Gasteiger partial charge in [-0.25, -0.2) is 0 Å². The van der Waals surface area contributed by atoms with E-state index in [2.05, 4.69) is 0 Å². The number of ether oxygens (including phenoxy) is 1. The lowest BCUT2D eigenvalue weighted by Gasteiger charge is -2.27. The third-order valence-electron chi connectivity index (χ3n) is 2.55. The first-order valence-electron chi connectivity index (χ1n) is 4.70. The number of hydrogen-bond donors (Lipinski definition) is 1. The normalized spacial score (nSPS) is 30.2. The molecule has 0 saturated carbocycles. The molecule has 3 nitrogen and oxygen atoms in total. The summed E-state index contributed by atoms with van der Waals surface area (Å²) in [7, 11) is 0. The van der Waals surface area contributed by atoms with Crippen LogP contribution < -0.4 is 0 Å². The van der Waals surface area contributed by atoms with Crippen molar-refractivity contribution in [2.75, 3.05) is 0 Å². The highest BCUT2D eigenvalue weighted by molar-refractivity contribution is 5.97. The Bertz CT molecular complexity index is 350. The lowest BCUT2D eigenvalue weighted by Crippen LogP contribution is -2.33. The molecule has 2 rings (SSSR count). The zero-order valence-corrected chi connectivity index (χ0v) is 7.93. The number of fused-ring (bicyclic) bond motifs is 1. The van der Waals surface area contributed by atoms with E-state index in [1.165, 1.54) is 0 Å². The average Bonchev–Trinajstić information content (AvgIpc) is 2.23. The van der Waals surface area contributed by atoms with Crippen LogP contribution in [-0.2, 0) is 9.53 Å². The van der Waals surface area contributed by atoms with E-state index in [9.17, 15) is 9.90 Å². The van der Waals surface area contributed by atoms with Gasteiger partial charge >= 0.3 is 0 Å². The molecule has 0 aromatic carbocycles. The molecule has 2 aliphatic rings. The fourth-order valence-electron chi connectivity index (χ4n) is 1.68. The molecule has 0 fully saturated rings. The van der Waals surface area contributed by atoms with Crippen molar-refractivity contribution in [2.45, 2.75) is 19.4 Å². The molecule has 1 aliphatic carbocycles. The first-order chi connectivity index (χ1) is 6.72. The standard InChI is InChI=1S/C11H12O3/c1-2-7-3-4-10-8(5-7)11(13)9(12)6-14-10/h3-6,8,10,12H,2H2,1H3. The molecule has 2 atom stereocenters. The van der Waals surface area contributed by atoms with Crippen LogP contribution in [0.4, 0.5) is 0 Å². The maximum absolute atomic E-state index is 11.5. The van der Waals surface area contributed by atoms with E-state index in [0.29, 0.717) is 0 Å². The Morgan fingerprint density at radius 2 is 2.36 bits per heavy atom. The number of hydrogen-bond acceptors (Lipinski definition) is 3. The number of aliphatic hydroxyl groups excluding tert-OH is 1. The number of carbonyl (C=O) groups is 1. The second kappa shape index (κ2) is 3.33. The summed E-state index contributed by atoms with van der Waals surface area (Å²) in [6.45, 7) is 2.03. The Balaban J connectivity index is 2.30. The van der Waals surface area contributed by atoms with Crippen molar-refractivity contribution in [2.24, 2.45) is 5.92 Å². The summed E-state index contributed by atoms with van der Waals surface area (Å²) in [5, 5.41) is 9.21. The van der Waals surface area contributed by atoms with Gasteiger partial charge in [0.15, 0.2) is 5.76 Å². The van der Waals surface area contributed by atoms with Gasteiger partial charge in [0.05, 0.1) is 5.92 Å². The van der Waals surface area contributed by atoms with Gasteiger partial charge in [-0.2, -0.15) is 0 Å². The Hall–Kier alpha value is -1.51. The van der Waals surface area contributed by atoms with Crippen LogP contribution >= 0.6 is 0 Å². The molecule has 0 bridgehead atoms. The van der Waals surface area contributed by atoms with Crippen LogP contribution in [0, 0.1) is 5.92 Å². The molecular formula is C11H12O3. The highest BCUT2D eigenvalue weighted by Crippen LogP contribution is 2.27. The van der Waals surface area contributed by atoms with Gasteiger partial charge in [0.25, 0.3) is 0 Å². The van der Waals surface area contributed by atoms with Crippen LogP contribution in [0.2, 0.25) is 0 Å². The van der Waals surface area contributed by atoms with Crippen molar-refractivity contribution in [3.05, 3.63) is 35.8 Å². The molecule has 1 aliphatic heterocycles. The van der Waals surface area contributed by atoms with Gasteiger partial charge < -0.3 is 9.84 Å². The maximum atomic E-state index is 11.5. The van der Waals surface area contributed by atoms with Crippen molar-refractivity contribution in [1.29, 1.82) is 0 Å². The summed E-state index contributed by atoms with van der Waals surface area (Å²) < 4.78 is 5.19. The molecule has 2 unspecified atom stereocenters. The molecule has 0 radical (unpaired) electrons. The summed E-state index contributed by atoms with van der Waals surface area (Å²) in [6, 6.07) is 0. The number of Topliss-reactive ketones (excluding diaryl/α,β-unsaturated/α-hetero) is 1. The minimum absolute atomic E-state index is 0.242. The van der Waals surface area contributed by atoms with Gasteiger partial charge in [0.1, 0.15) is 12.4 Å². The van der Waals surface area contributed by atoms with E-state index < -0.39 is 0 Å². The van der Waals surface area contributed by atoms with Crippen LogP contribution in [0.1, 0.15) is 13.3 Å². The van der Waals surface area contributed by atoms with E-state index in [-0.39, 0.29) is 23.6 Å². The van der Waals surface area contributed by atoms with Crippen molar-refractivity contribution in [3.63, 3.8) is 0 Å². The van der Waals surface area contributed by atoms with E-state index >= 15 is 0 Å². The third kappa shape index (κ3) is 1.35. The number of ketones is 1. The number of allylic oxidation sites excluding steroid dienone is 3. The predicted molar refractivity (Wildman–Crippen MR) is 51.6 cm³/mol. The van der Waals surface area contributed by atoms with Crippen molar-refractivity contribution in [3.8, 4) is 0 Å². The van der Waals surface area contributed by atoms with Crippen LogP contribution in [0.3, 0.4) is 0 Å². The van der Waals surface area contributed by atoms with Crippen molar-refractivity contribution >= 4 is 5.78 Å². The zero-order chi connectivity index (χ0) is 10.1. The Labute approximate surface area is 82.4 Å². The van der Waals surface area contributed by atoms with Crippen LogP contribution in [-0.4, -0.2) is 17.0 Å². The predicted octanol–water partition coefficient (Wildman–Crippen LogP) is 1.88. The summed E-state index contributed by atoms with van der Waals surface area (Å²) in [6.07, 6.45) is 7.47. The number of rotatable bonds is 1. The lowest BCUT2D eigenvalue weighted by molar-refractivity contribution is -0.125. The summed E-state index contributed by atoms with van der Waals surface area (Å²) in [5.41, 5.74) is 1.11. The first-order valence-corrected chi connectivity index (χ1v) is 4.70. The topological polar surface area (TPSA) is 46.5 Å². The quantitative estimate of drug-likeness (QED) is 0.690. The van der Waals surface area contributed by atoms with Gasteiger partial charge in [-0.15, -0.1) is 0 Å². The Kier molecular flexibility index (Phi) is 2.15. The van der Waals surface area contributed by atoms with Gasteiger partial charge in [-0.3, -0.25) is 4.79 Å². The molecule has 0 amide bonds. The lowest BCUT2D eigenvalue weighted by atomic mass is 9.87.